The number of hydrogen-bond acceptors (Lipinski definition) is 4. The van der Waals surface area contributed by atoms with Crippen LogP contribution >= 0.6 is 0 Å². The highest BCUT2D eigenvalue weighted by Crippen LogP contribution is 2.25. The summed E-state index contributed by atoms with van der Waals surface area (Å²) in [7, 11) is 1.67. The van der Waals surface area contributed by atoms with Gasteiger partial charge in [-0.3, -0.25) is 14.6 Å². The zero-order valence-electron chi connectivity index (χ0n) is 16.2. The third-order valence-corrected chi connectivity index (χ3v) is 5.81. The minimum atomic E-state index is -0.0550. The highest BCUT2D eigenvalue weighted by atomic mass is 16.5. The van der Waals surface area contributed by atoms with Crippen LogP contribution in [-0.2, 0) is 4.79 Å². The van der Waals surface area contributed by atoms with Crippen molar-refractivity contribution in [3.63, 3.8) is 0 Å². The number of hydrogen-bond donors (Lipinski definition) is 1. The molecular formula is C21H33N3O2. The predicted molar refractivity (Wildman–Crippen MR) is 104 cm³/mol. The second-order valence-electron chi connectivity index (χ2n) is 7.64. The molecule has 0 spiro atoms. The maximum atomic E-state index is 12.5. The second-order valence-corrected chi connectivity index (χ2v) is 7.64. The summed E-state index contributed by atoms with van der Waals surface area (Å²) in [6.07, 6.45) is 6.64. The third kappa shape index (κ3) is 4.98. The van der Waals surface area contributed by atoms with Crippen LogP contribution in [0.1, 0.15) is 50.6 Å². The fourth-order valence-corrected chi connectivity index (χ4v) is 4.38. The molecule has 0 radical (unpaired) electrons. The van der Waals surface area contributed by atoms with Gasteiger partial charge in [0.1, 0.15) is 5.75 Å². The lowest BCUT2D eigenvalue weighted by atomic mass is 10.1. The quantitative estimate of drug-likeness (QED) is 0.848. The number of para-hydroxylation sites is 1. The topological polar surface area (TPSA) is 44.8 Å². The Kier molecular flexibility index (Phi) is 6.92. The van der Waals surface area contributed by atoms with Crippen LogP contribution in [-0.4, -0.2) is 61.6 Å². The first-order chi connectivity index (χ1) is 12.7. The van der Waals surface area contributed by atoms with Crippen molar-refractivity contribution in [1.82, 2.24) is 15.1 Å². The van der Waals surface area contributed by atoms with E-state index >= 15 is 0 Å². The van der Waals surface area contributed by atoms with Crippen molar-refractivity contribution in [2.24, 2.45) is 0 Å². The van der Waals surface area contributed by atoms with Crippen molar-refractivity contribution in [2.75, 3.05) is 39.8 Å². The zero-order valence-corrected chi connectivity index (χ0v) is 16.2. The van der Waals surface area contributed by atoms with Gasteiger partial charge in [0.05, 0.1) is 19.7 Å². The van der Waals surface area contributed by atoms with E-state index in [1.807, 2.05) is 31.2 Å². The fourth-order valence-electron chi connectivity index (χ4n) is 4.38. The summed E-state index contributed by atoms with van der Waals surface area (Å²) in [5.74, 6) is 0.917. The summed E-state index contributed by atoms with van der Waals surface area (Å²) in [6.45, 7) is 6.78. The van der Waals surface area contributed by atoms with Gasteiger partial charge < -0.3 is 10.1 Å². The van der Waals surface area contributed by atoms with Gasteiger partial charge in [0.15, 0.2) is 0 Å². The molecule has 1 saturated carbocycles. The maximum absolute atomic E-state index is 12.5. The number of carbonyl (C=O) groups excluding carboxylic acids is 1. The number of benzene rings is 1. The first-order valence-electron chi connectivity index (χ1n) is 10.1. The summed E-state index contributed by atoms with van der Waals surface area (Å²) in [4.78, 5) is 17.5. The van der Waals surface area contributed by atoms with E-state index in [0.29, 0.717) is 6.54 Å². The van der Waals surface area contributed by atoms with E-state index in [-0.39, 0.29) is 11.9 Å². The molecule has 5 nitrogen and oxygen atoms in total. The predicted octanol–water partition coefficient (Wildman–Crippen LogP) is 2.82. The number of carbonyl (C=O) groups is 1. The number of amides is 1. The smallest absolute Gasteiger partial charge is 0.234 e. The monoisotopic (exact) mass is 359 g/mol. The van der Waals surface area contributed by atoms with Crippen LogP contribution in [0.15, 0.2) is 24.3 Å². The van der Waals surface area contributed by atoms with Gasteiger partial charge in [0.25, 0.3) is 0 Å². The van der Waals surface area contributed by atoms with Crippen LogP contribution in [0.3, 0.4) is 0 Å². The molecule has 1 aliphatic heterocycles. The molecule has 0 aromatic heterocycles. The van der Waals surface area contributed by atoms with Crippen molar-refractivity contribution in [2.45, 2.75) is 51.1 Å². The van der Waals surface area contributed by atoms with Crippen LogP contribution in [0.2, 0.25) is 0 Å². The van der Waals surface area contributed by atoms with E-state index in [1.165, 1.54) is 32.2 Å². The molecule has 1 atom stereocenters. The summed E-state index contributed by atoms with van der Waals surface area (Å²) in [5, 5.41) is 3.13. The molecule has 5 heteroatoms. The fraction of sp³-hybridized carbons (Fsp3) is 0.667. The van der Waals surface area contributed by atoms with Gasteiger partial charge in [0.2, 0.25) is 5.91 Å². The van der Waals surface area contributed by atoms with Crippen LogP contribution in [0.4, 0.5) is 0 Å². The van der Waals surface area contributed by atoms with E-state index in [0.717, 1.165) is 43.4 Å². The van der Waals surface area contributed by atoms with Gasteiger partial charge >= 0.3 is 0 Å². The normalized spacial score (nSPS) is 21.3. The van der Waals surface area contributed by atoms with Crippen LogP contribution in [0.5, 0.6) is 5.75 Å². The largest absolute Gasteiger partial charge is 0.496 e. The SMILES string of the molecule is COc1ccccc1C(C)NC(=O)CN1CCCN(C2CCCC2)CC1. The maximum Gasteiger partial charge on any atom is 0.234 e. The molecule has 144 valence electrons. The van der Waals surface area contributed by atoms with Crippen molar-refractivity contribution in [3.8, 4) is 5.75 Å². The molecule has 1 amide bonds. The van der Waals surface area contributed by atoms with Crippen LogP contribution in [0, 0.1) is 0 Å². The molecule has 2 fully saturated rings. The summed E-state index contributed by atoms with van der Waals surface area (Å²) >= 11 is 0. The Morgan fingerprint density at radius 2 is 1.92 bits per heavy atom. The lowest BCUT2D eigenvalue weighted by Gasteiger charge is -2.27. The Balaban J connectivity index is 1.48. The standard InChI is InChI=1S/C21H33N3O2/c1-17(19-10-5-6-11-20(19)26-2)22-21(25)16-23-12-7-13-24(15-14-23)18-8-3-4-9-18/h5-6,10-11,17-18H,3-4,7-9,12-16H2,1-2H3,(H,22,25). The van der Waals surface area contributed by atoms with Gasteiger partial charge in [0, 0.05) is 24.7 Å². The molecule has 3 rings (SSSR count). The summed E-state index contributed by atoms with van der Waals surface area (Å²) in [6, 6.07) is 8.60. The molecule has 2 aliphatic rings. The number of nitrogens with one attached hydrogen (secondary N) is 1. The highest BCUT2D eigenvalue weighted by molar-refractivity contribution is 5.78. The molecule has 0 bridgehead atoms. The first-order valence-corrected chi connectivity index (χ1v) is 10.1. The summed E-state index contributed by atoms with van der Waals surface area (Å²) in [5.41, 5.74) is 1.02. The van der Waals surface area contributed by atoms with E-state index in [1.54, 1.807) is 7.11 Å². The van der Waals surface area contributed by atoms with Gasteiger partial charge in [-0.2, -0.15) is 0 Å². The highest BCUT2D eigenvalue weighted by Gasteiger charge is 2.25. The van der Waals surface area contributed by atoms with Crippen LogP contribution in [0.25, 0.3) is 0 Å². The lowest BCUT2D eigenvalue weighted by Crippen LogP contribution is -2.41. The lowest BCUT2D eigenvalue weighted by molar-refractivity contribution is -0.122. The molecule has 1 saturated heterocycles. The minimum Gasteiger partial charge on any atom is -0.496 e. The minimum absolute atomic E-state index is 0.0550. The van der Waals surface area contributed by atoms with Crippen LogP contribution < -0.4 is 10.1 Å². The molecule has 1 aromatic rings. The molecule has 1 heterocycles. The Bertz CT molecular complexity index is 586. The van der Waals surface area contributed by atoms with Gasteiger partial charge in [-0.15, -0.1) is 0 Å². The number of nitrogens with zero attached hydrogens (tertiary/aromatic N) is 2. The molecular weight excluding hydrogens is 326 g/mol. The number of ether oxygens (including phenoxy) is 1. The first kappa shape index (κ1) is 19.2. The zero-order chi connectivity index (χ0) is 18.4. The Morgan fingerprint density at radius 1 is 1.15 bits per heavy atom. The molecule has 1 aromatic carbocycles. The second kappa shape index (κ2) is 9.38. The summed E-state index contributed by atoms with van der Waals surface area (Å²) < 4.78 is 5.41. The van der Waals surface area contributed by atoms with E-state index in [4.69, 9.17) is 4.74 Å². The molecule has 26 heavy (non-hydrogen) atoms. The van der Waals surface area contributed by atoms with E-state index in [9.17, 15) is 4.79 Å². The number of methoxy groups -OCH3 is 1. The van der Waals surface area contributed by atoms with Gasteiger partial charge in [-0.25, -0.2) is 0 Å². The Morgan fingerprint density at radius 3 is 2.69 bits per heavy atom. The average Bonchev–Trinajstić information content (AvgIpc) is 3.09. The molecule has 1 N–H and O–H groups in total. The van der Waals surface area contributed by atoms with E-state index in [2.05, 4.69) is 15.1 Å². The van der Waals surface area contributed by atoms with Crippen molar-refractivity contribution in [1.29, 1.82) is 0 Å². The number of rotatable bonds is 6. The third-order valence-electron chi connectivity index (χ3n) is 5.81. The van der Waals surface area contributed by atoms with Crippen molar-refractivity contribution < 1.29 is 9.53 Å². The van der Waals surface area contributed by atoms with Gasteiger partial charge in [-0.05, 0) is 45.3 Å². The molecule has 1 unspecified atom stereocenters. The molecule has 1 aliphatic carbocycles. The average molecular weight is 360 g/mol. The Hall–Kier alpha value is -1.59. The van der Waals surface area contributed by atoms with Gasteiger partial charge in [-0.1, -0.05) is 31.0 Å². The van der Waals surface area contributed by atoms with Crippen molar-refractivity contribution >= 4 is 5.91 Å². The van der Waals surface area contributed by atoms with E-state index < -0.39 is 0 Å². The van der Waals surface area contributed by atoms with Crippen molar-refractivity contribution in [3.05, 3.63) is 29.8 Å². The Labute approximate surface area is 157 Å².